The van der Waals surface area contributed by atoms with Gasteiger partial charge >= 0.3 is 0 Å². The Labute approximate surface area is 101 Å². The smallest absolute Gasteiger partial charge is 0.163 e. The highest BCUT2D eigenvalue weighted by Crippen LogP contribution is 2.42. The van der Waals surface area contributed by atoms with Crippen LogP contribution in [-0.2, 0) is 5.54 Å². The highest BCUT2D eigenvalue weighted by atomic mass is 19.2. The van der Waals surface area contributed by atoms with E-state index in [-0.39, 0.29) is 5.92 Å². The first-order valence-corrected chi connectivity index (χ1v) is 6.18. The average Bonchev–Trinajstić information content (AvgIpc) is 2.28. The molecule has 0 heterocycles. The molecule has 2 rings (SSSR count). The SMILES string of the molecule is CC1CCC(N)(c2cccc(F)c2F)C(C)C1. The first kappa shape index (κ1) is 12.5. The van der Waals surface area contributed by atoms with E-state index in [9.17, 15) is 8.78 Å². The van der Waals surface area contributed by atoms with Crippen LogP contribution in [0.2, 0.25) is 0 Å². The summed E-state index contributed by atoms with van der Waals surface area (Å²) in [6.45, 7) is 4.21. The molecule has 0 spiro atoms. The molecule has 17 heavy (non-hydrogen) atoms. The zero-order valence-electron chi connectivity index (χ0n) is 10.3. The largest absolute Gasteiger partial charge is 0.321 e. The molecule has 0 aromatic heterocycles. The zero-order valence-corrected chi connectivity index (χ0v) is 10.3. The summed E-state index contributed by atoms with van der Waals surface area (Å²) >= 11 is 0. The lowest BCUT2D eigenvalue weighted by molar-refractivity contribution is 0.159. The van der Waals surface area contributed by atoms with Gasteiger partial charge in [0.15, 0.2) is 11.6 Å². The van der Waals surface area contributed by atoms with Crippen molar-refractivity contribution in [3.8, 4) is 0 Å². The van der Waals surface area contributed by atoms with Gasteiger partial charge in [0.1, 0.15) is 0 Å². The van der Waals surface area contributed by atoms with Crippen molar-refractivity contribution in [3.63, 3.8) is 0 Å². The Hall–Kier alpha value is -0.960. The molecule has 1 aromatic rings. The van der Waals surface area contributed by atoms with Gasteiger partial charge in [0.2, 0.25) is 0 Å². The van der Waals surface area contributed by atoms with Crippen LogP contribution in [0.4, 0.5) is 8.78 Å². The molecular weight excluding hydrogens is 220 g/mol. The normalized spacial score (nSPS) is 33.7. The topological polar surface area (TPSA) is 26.0 Å². The van der Waals surface area contributed by atoms with Gasteiger partial charge < -0.3 is 5.73 Å². The molecule has 3 unspecified atom stereocenters. The lowest BCUT2D eigenvalue weighted by Gasteiger charge is -2.42. The van der Waals surface area contributed by atoms with Gasteiger partial charge in [0.25, 0.3) is 0 Å². The highest BCUT2D eigenvalue weighted by Gasteiger charge is 2.40. The molecule has 0 aliphatic heterocycles. The molecule has 1 nitrogen and oxygen atoms in total. The summed E-state index contributed by atoms with van der Waals surface area (Å²) in [6, 6.07) is 4.29. The first-order chi connectivity index (χ1) is 7.95. The van der Waals surface area contributed by atoms with Crippen LogP contribution in [0.1, 0.15) is 38.7 Å². The average molecular weight is 239 g/mol. The highest BCUT2D eigenvalue weighted by molar-refractivity contribution is 5.28. The molecule has 3 atom stereocenters. The number of nitrogens with two attached hydrogens (primary N) is 1. The van der Waals surface area contributed by atoms with E-state index in [1.165, 1.54) is 6.07 Å². The van der Waals surface area contributed by atoms with E-state index in [0.717, 1.165) is 25.3 Å². The summed E-state index contributed by atoms with van der Waals surface area (Å²) in [6.07, 6.45) is 2.65. The van der Waals surface area contributed by atoms with Crippen LogP contribution < -0.4 is 5.73 Å². The van der Waals surface area contributed by atoms with Gasteiger partial charge in [-0.2, -0.15) is 0 Å². The maximum absolute atomic E-state index is 13.8. The van der Waals surface area contributed by atoms with Crippen molar-refractivity contribution < 1.29 is 8.78 Å². The lowest BCUT2D eigenvalue weighted by Crippen LogP contribution is -2.47. The minimum absolute atomic E-state index is 0.169. The summed E-state index contributed by atoms with van der Waals surface area (Å²) in [5.41, 5.74) is 5.96. The van der Waals surface area contributed by atoms with Crippen LogP contribution in [0, 0.1) is 23.5 Å². The molecule has 1 saturated carbocycles. The third-order valence-electron chi connectivity index (χ3n) is 4.14. The molecule has 0 saturated heterocycles. The van der Waals surface area contributed by atoms with E-state index >= 15 is 0 Å². The Morgan fingerprint density at radius 2 is 2.00 bits per heavy atom. The van der Waals surface area contributed by atoms with Gasteiger partial charge in [-0.1, -0.05) is 26.0 Å². The second-order valence-corrected chi connectivity index (χ2v) is 5.42. The third-order valence-corrected chi connectivity index (χ3v) is 4.14. The predicted molar refractivity (Wildman–Crippen MR) is 64.4 cm³/mol. The predicted octanol–water partition coefficient (Wildman–Crippen LogP) is 3.57. The van der Waals surface area contributed by atoms with Crippen molar-refractivity contribution in [1.82, 2.24) is 0 Å². The van der Waals surface area contributed by atoms with Gasteiger partial charge in [-0.05, 0) is 37.2 Å². The number of rotatable bonds is 1. The van der Waals surface area contributed by atoms with Crippen molar-refractivity contribution in [1.29, 1.82) is 0 Å². The van der Waals surface area contributed by atoms with Crippen LogP contribution in [-0.4, -0.2) is 0 Å². The monoisotopic (exact) mass is 239 g/mol. The molecule has 0 amide bonds. The maximum atomic E-state index is 13.8. The summed E-state index contributed by atoms with van der Waals surface area (Å²) in [7, 11) is 0. The fourth-order valence-corrected chi connectivity index (χ4v) is 2.93. The number of halogens is 2. The van der Waals surface area contributed by atoms with Crippen LogP contribution in [0.5, 0.6) is 0 Å². The number of hydrogen-bond acceptors (Lipinski definition) is 1. The van der Waals surface area contributed by atoms with E-state index in [2.05, 4.69) is 6.92 Å². The van der Waals surface area contributed by atoms with Gasteiger partial charge in [-0.15, -0.1) is 0 Å². The van der Waals surface area contributed by atoms with Crippen LogP contribution >= 0.6 is 0 Å². The van der Waals surface area contributed by atoms with Gasteiger partial charge in [0.05, 0.1) is 0 Å². The number of benzene rings is 1. The van der Waals surface area contributed by atoms with Crippen molar-refractivity contribution in [3.05, 3.63) is 35.4 Å². The quantitative estimate of drug-likeness (QED) is 0.796. The molecule has 3 heteroatoms. The van der Waals surface area contributed by atoms with Crippen LogP contribution in [0.3, 0.4) is 0 Å². The molecule has 0 bridgehead atoms. The molecule has 2 N–H and O–H groups in total. The summed E-state index contributed by atoms with van der Waals surface area (Å²) in [5, 5.41) is 0. The van der Waals surface area contributed by atoms with E-state index in [4.69, 9.17) is 5.73 Å². The Kier molecular flexibility index (Phi) is 3.21. The second-order valence-electron chi connectivity index (χ2n) is 5.42. The molecule has 1 aromatic carbocycles. The fourth-order valence-electron chi connectivity index (χ4n) is 2.93. The fraction of sp³-hybridized carbons (Fsp3) is 0.571. The van der Waals surface area contributed by atoms with Crippen molar-refractivity contribution in [2.75, 3.05) is 0 Å². The van der Waals surface area contributed by atoms with Gasteiger partial charge in [-0.25, -0.2) is 8.78 Å². The minimum Gasteiger partial charge on any atom is -0.321 e. The minimum atomic E-state index is -0.807. The molecular formula is C14H19F2N. The van der Waals surface area contributed by atoms with Crippen molar-refractivity contribution in [2.45, 2.75) is 38.6 Å². The van der Waals surface area contributed by atoms with Crippen LogP contribution in [0.15, 0.2) is 18.2 Å². The van der Waals surface area contributed by atoms with E-state index < -0.39 is 17.2 Å². The second kappa shape index (κ2) is 4.37. The Morgan fingerprint density at radius 1 is 1.29 bits per heavy atom. The molecule has 94 valence electrons. The van der Waals surface area contributed by atoms with E-state index in [0.29, 0.717) is 11.5 Å². The Bertz CT molecular complexity index is 419. The third kappa shape index (κ3) is 2.08. The Morgan fingerprint density at radius 3 is 2.65 bits per heavy atom. The first-order valence-electron chi connectivity index (χ1n) is 6.18. The van der Waals surface area contributed by atoms with Gasteiger partial charge in [0, 0.05) is 11.1 Å². The summed E-state index contributed by atoms with van der Waals surface area (Å²) < 4.78 is 27.1. The van der Waals surface area contributed by atoms with Crippen molar-refractivity contribution >= 4 is 0 Å². The molecule has 1 fully saturated rings. The molecule has 1 aliphatic carbocycles. The van der Waals surface area contributed by atoms with Crippen LogP contribution in [0.25, 0.3) is 0 Å². The standard InChI is InChI=1S/C14H19F2N/c1-9-6-7-14(17,10(2)8-9)11-4-3-5-12(15)13(11)16/h3-5,9-10H,6-8,17H2,1-2H3. The molecule has 0 radical (unpaired) electrons. The zero-order chi connectivity index (χ0) is 12.6. The maximum Gasteiger partial charge on any atom is 0.163 e. The van der Waals surface area contributed by atoms with Crippen molar-refractivity contribution in [2.24, 2.45) is 17.6 Å². The van der Waals surface area contributed by atoms with E-state index in [1.807, 2.05) is 6.92 Å². The summed E-state index contributed by atoms with van der Waals surface area (Å²) in [5.74, 6) is -0.810. The van der Waals surface area contributed by atoms with Gasteiger partial charge in [-0.3, -0.25) is 0 Å². The lowest BCUT2D eigenvalue weighted by atomic mass is 9.67. The number of hydrogen-bond donors (Lipinski definition) is 1. The summed E-state index contributed by atoms with van der Waals surface area (Å²) in [4.78, 5) is 0. The van der Waals surface area contributed by atoms with E-state index in [1.54, 1.807) is 6.07 Å². The molecule has 1 aliphatic rings. The Balaban J connectivity index is 2.41.